The summed E-state index contributed by atoms with van der Waals surface area (Å²) in [4.78, 5) is 259. The van der Waals surface area contributed by atoms with Gasteiger partial charge in [-0.1, -0.05) is 13.8 Å². The molecule has 0 heterocycles. The lowest BCUT2D eigenvalue weighted by molar-refractivity contribution is -0.144. The Kier molecular flexibility index (Phi) is 52.4. The lowest BCUT2D eigenvalue weighted by Crippen LogP contribution is -2.63. The molecule has 0 unspecified atom stereocenters. The summed E-state index contributed by atoms with van der Waals surface area (Å²) in [7, 11) is 0. The van der Waals surface area contributed by atoms with Crippen LogP contribution < -0.4 is 126 Å². The van der Waals surface area contributed by atoms with Crippen molar-refractivity contribution < 1.29 is 132 Å². The van der Waals surface area contributed by atoms with E-state index in [2.05, 4.69) is 79.1 Å². The molecule has 0 aliphatic carbocycles. The van der Waals surface area contributed by atoms with Crippen LogP contribution in [0.5, 0.6) is 0 Å². The van der Waals surface area contributed by atoms with Crippen LogP contribution >= 0.6 is 0 Å². The third-order valence-corrected chi connectivity index (χ3v) is 17.5. The number of aliphatic hydroxyl groups is 5. The minimum atomic E-state index is -2.11. The average molecular weight is 1730 g/mol. The lowest BCUT2D eigenvalue weighted by Gasteiger charge is -2.29. The number of nitrogens with zero attached hydrogens (tertiary/aromatic N) is 2. The molecule has 0 rings (SSSR count). The van der Waals surface area contributed by atoms with Crippen molar-refractivity contribution in [1.29, 1.82) is 0 Å². The fourth-order valence-electron chi connectivity index (χ4n) is 10.8. The first-order valence-corrected chi connectivity index (χ1v) is 38.6. The van der Waals surface area contributed by atoms with E-state index in [4.69, 9.17) is 51.0 Å². The molecule has 0 aromatic heterocycles. The zero-order valence-corrected chi connectivity index (χ0v) is 68.2. The third kappa shape index (κ3) is 44.7. The van der Waals surface area contributed by atoms with Crippen LogP contribution in [0.25, 0.3) is 0 Å². The van der Waals surface area contributed by atoms with E-state index in [1.807, 2.05) is 10.6 Å². The van der Waals surface area contributed by atoms with E-state index in [9.17, 15) is 127 Å². The number of aliphatic hydroxyl groups excluding tert-OH is 5. The number of hydrogen-bond acceptors (Lipinski definition) is 29. The van der Waals surface area contributed by atoms with Gasteiger partial charge in [0, 0.05) is 25.9 Å². The molecule has 16 amide bonds. The SMILES string of the molecule is CC(C)C[C@H](NC(=O)[C@H](CO)NC(=O)[C@H](CCCCN)NC(=O)[C@H](CCCN=C(N)N)NC(=O)[C@@H](N)CCCN=C(N)N)C(=O)N[C@@H](CCC(N)=O)C(=O)N[C@@H](CO)C(=O)N[C@@H](CCCCN)C(=O)N[C@@H](CCC(=O)O)C(=O)N[C@H](C(=O)N[C@H](C(=O)N[C@@H](C)C(=O)N[C@@H](C)C(=O)NCC(=O)N[C@@H](CC(=O)O)C(=O)N[C@@H](CO)C(=O)O)[C@@H](C)O)[C@@H](C)O. The number of nitrogens with one attached hydrogen (secondary N) is 15. The zero-order chi connectivity index (χ0) is 92.5. The number of carboxylic acids is 3. The van der Waals surface area contributed by atoms with E-state index >= 15 is 0 Å². The molecular formula is C69H123N25O27. The molecule has 0 aliphatic heterocycles. The van der Waals surface area contributed by atoms with E-state index in [-0.39, 0.29) is 102 Å². The molecule has 121 heavy (non-hydrogen) atoms. The predicted molar refractivity (Wildman–Crippen MR) is 424 cm³/mol. The molecule has 686 valence electrons. The number of unbranched alkanes of at least 4 members (excludes halogenated alkanes) is 2. The van der Waals surface area contributed by atoms with Gasteiger partial charge in [-0.25, -0.2) is 4.79 Å². The van der Waals surface area contributed by atoms with Gasteiger partial charge in [-0.3, -0.25) is 96.3 Å². The number of amides is 16. The second-order valence-electron chi connectivity index (χ2n) is 28.4. The number of rotatable bonds is 62. The summed E-state index contributed by atoms with van der Waals surface area (Å²) in [5.74, 6) is -24.2. The minimum Gasteiger partial charge on any atom is -0.481 e. The topological polar surface area (TPSA) is 900 Å². The number of primary amides is 1. The lowest BCUT2D eigenvalue weighted by atomic mass is 10.0. The van der Waals surface area contributed by atoms with Crippen molar-refractivity contribution in [3.05, 3.63) is 0 Å². The summed E-state index contributed by atoms with van der Waals surface area (Å²) in [6.07, 6.45) is -6.99. The number of carbonyl (C=O) groups is 19. The zero-order valence-electron chi connectivity index (χ0n) is 68.2. The van der Waals surface area contributed by atoms with Crippen LogP contribution in [-0.2, 0) is 91.1 Å². The van der Waals surface area contributed by atoms with E-state index in [0.717, 1.165) is 27.7 Å². The van der Waals surface area contributed by atoms with E-state index in [1.165, 1.54) is 0 Å². The number of hydrogen-bond donors (Lipinski definition) is 31. The van der Waals surface area contributed by atoms with Crippen molar-refractivity contribution in [2.24, 2.45) is 61.8 Å². The maximum Gasteiger partial charge on any atom is 0.328 e. The van der Waals surface area contributed by atoms with Gasteiger partial charge >= 0.3 is 17.9 Å². The summed E-state index contributed by atoms with van der Waals surface area (Å²) >= 11 is 0. The summed E-state index contributed by atoms with van der Waals surface area (Å²) in [5, 5.41) is 113. The van der Waals surface area contributed by atoms with Gasteiger partial charge in [0.25, 0.3) is 0 Å². The van der Waals surface area contributed by atoms with Crippen LogP contribution in [0.15, 0.2) is 9.98 Å². The van der Waals surface area contributed by atoms with Crippen LogP contribution in [0.1, 0.15) is 144 Å². The summed E-state index contributed by atoms with van der Waals surface area (Å²) in [5.41, 5.74) is 44.6. The number of aliphatic carboxylic acids is 3. The highest BCUT2D eigenvalue weighted by Crippen LogP contribution is 2.13. The van der Waals surface area contributed by atoms with Crippen LogP contribution in [0.2, 0.25) is 0 Å². The van der Waals surface area contributed by atoms with Crippen molar-refractivity contribution in [2.45, 2.75) is 247 Å². The van der Waals surface area contributed by atoms with E-state index < -0.39 is 280 Å². The molecule has 0 aromatic carbocycles. The smallest absolute Gasteiger partial charge is 0.328 e. The predicted octanol–water partition coefficient (Wildman–Crippen LogP) is -14.9. The van der Waals surface area contributed by atoms with Gasteiger partial charge in [-0.2, -0.15) is 0 Å². The highest BCUT2D eigenvalue weighted by atomic mass is 16.4. The molecule has 39 N–H and O–H groups in total. The highest BCUT2D eigenvalue weighted by molar-refractivity contribution is 6.01. The minimum absolute atomic E-state index is 0.0246. The number of carboxylic acid groups (broad SMARTS) is 3. The Labute approximate surface area is 695 Å². The normalized spacial score (nSPS) is 15.2. The van der Waals surface area contributed by atoms with E-state index in [1.54, 1.807) is 13.8 Å². The van der Waals surface area contributed by atoms with Crippen LogP contribution in [0.4, 0.5) is 0 Å². The number of carbonyl (C=O) groups excluding carboxylic acids is 16. The monoisotopic (exact) mass is 1730 g/mol. The Morgan fingerprint density at radius 3 is 1.07 bits per heavy atom. The molecule has 0 fully saturated rings. The summed E-state index contributed by atoms with van der Waals surface area (Å²) < 4.78 is 0. The standard InChI is InChI=1S/C69H123N25O27/c1-31(2)25-42(89-64(117)45(29-96)90-58(111)38(15-8-10-22-71)85-57(110)39(16-12-24-79-69(76)77)84-55(108)36(72)13-11-23-78-68(74)75)61(114)88-40(17-19-47(73)100)59(112)91-44(28-95)63(116)86-37(14-7-9-21-70)56(109)87-41(18-20-49(102)103)60(113)93-52(35(6)99)66(119)94-51(34(5)98)65(118)82-33(4)54(107)81-32(3)53(106)80-27-48(101)83-43(26-50(104)105)62(115)92-46(30-97)67(120)121/h31-46,51-52,95-99H,7-30,70-72H2,1-6H3,(H2,73,100)(H,80,106)(H,81,107)(H,82,118)(H,83,101)(H,84,108)(H,85,110)(H,86,116)(H,87,109)(H,88,114)(H,89,117)(H,90,111)(H,91,112)(H,92,115)(H,93,113)(H,94,119)(H,102,103)(H,104,105)(H,120,121)(H4,74,75,78)(H4,76,77,79)/t32-,33-,34+,35+,36-,37-,38-,39-,40-,41-,42-,43-,44-,45-,46-,51-,52-/m0/s1. The second kappa shape index (κ2) is 58.1. The van der Waals surface area contributed by atoms with Gasteiger partial charge in [0.1, 0.15) is 84.6 Å². The summed E-state index contributed by atoms with van der Waals surface area (Å²) in [6, 6.07) is -25.9. The molecule has 0 aromatic rings. The van der Waals surface area contributed by atoms with Crippen molar-refractivity contribution in [2.75, 3.05) is 52.5 Å². The molecule has 52 heteroatoms. The molecule has 0 saturated heterocycles. The molecular weight excluding hydrogens is 1610 g/mol. The van der Waals surface area contributed by atoms with Crippen LogP contribution in [0.3, 0.4) is 0 Å². The van der Waals surface area contributed by atoms with E-state index in [0.29, 0.717) is 6.42 Å². The van der Waals surface area contributed by atoms with Crippen molar-refractivity contribution in [3.8, 4) is 0 Å². The van der Waals surface area contributed by atoms with Gasteiger partial charge in [0.05, 0.1) is 51.0 Å². The first kappa shape index (κ1) is 109. The van der Waals surface area contributed by atoms with Gasteiger partial charge in [-0.15, -0.1) is 0 Å². The molecule has 0 radical (unpaired) electrons. The molecule has 0 aliphatic rings. The maximum atomic E-state index is 14.3. The average Bonchev–Trinajstić information content (AvgIpc) is 0.850. The van der Waals surface area contributed by atoms with Crippen LogP contribution in [-0.4, -0.2) is 321 Å². The molecule has 0 spiro atoms. The maximum absolute atomic E-state index is 14.3. The fourth-order valence-corrected chi connectivity index (χ4v) is 10.8. The molecule has 52 nitrogen and oxygen atoms in total. The third-order valence-electron chi connectivity index (χ3n) is 17.5. The first-order valence-electron chi connectivity index (χ1n) is 38.6. The van der Waals surface area contributed by atoms with Crippen LogP contribution in [0, 0.1) is 5.92 Å². The Morgan fingerprint density at radius 2 is 0.678 bits per heavy atom. The van der Waals surface area contributed by atoms with Gasteiger partial charge < -0.3 is 166 Å². The Morgan fingerprint density at radius 1 is 0.339 bits per heavy atom. The van der Waals surface area contributed by atoms with Gasteiger partial charge in [0.15, 0.2) is 11.9 Å². The highest BCUT2D eigenvalue weighted by Gasteiger charge is 2.39. The Hall–Kier alpha value is -11.8. The Bertz CT molecular complexity index is 3550. The van der Waals surface area contributed by atoms with Gasteiger partial charge in [-0.05, 0) is 130 Å². The van der Waals surface area contributed by atoms with Crippen molar-refractivity contribution in [3.63, 3.8) is 0 Å². The molecule has 0 saturated carbocycles. The van der Waals surface area contributed by atoms with Crippen molar-refractivity contribution >= 4 is 124 Å². The number of guanidine groups is 2. The Balaban J connectivity index is 6.77. The number of nitrogens with two attached hydrogens (primary N) is 8. The first-order chi connectivity index (χ1) is 56.7. The second-order valence-corrected chi connectivity index (χ2v) is 28.4. The molecule has 0 bridgehead atoms. The number of aliphatic imine (C=N–C) groups is 2. The largest absolute Gasteiger partial charge is 0.481 e. The fraction of sp³-hybridized carbons (Fsp3) is 0.696. The van der Waals surface area contributed by atoms with Crippen molar-refractivity contribution in [1.82, 2.24) is 79.8 Å². The van der Waals surface area contributed by atoms with Gasteiger partial charge in [0.2, 0.25) is 94.5 Å². The quantitative estimate of drug-likeness (QED) is 0.0153. The molecule has 17 atom stereocenters. The summed E-state index contributed by atoms with van der Waals surface area (Å²) in [6.45, 7) is 3.37.